The second-order valence-corrected chi connectivity index (χ2v) is 10.9. The van der Waals surface area contributed by atoms with Crippen molar-refractivity contribution in [2.24, 2.45) is 0 Å². The number of nitrogens with zero attached hydrogens (tertiary/aromatic N) is 2. The molecule has 0 atom stereocenters. The van der Waals surface area contributed by atoms with Crippen molar-refractivity contribution >= 4 is 21.6 Å². The third-order valence-electron chi connectivity index (χ3n) is 6.08. The Labute approximate surface area is 221 Å². The number of hydrogen-bond acceptors (Lipinski definition) is 5. The first kappa shape index (κ1) is 29.2. The lowest BCUT2D eigenvalue weighted by molar-refractivity contribution is -0.137. The van der Waals surface area contributed by atoms with Crippen molar-refractivity contribution < 1.29 is 26.4 Å². The second-order valence-electron chi connectivity index (χ2n) is 8.87. The number of anilines is 1. The van der Waals surface area contributed by atoms with Crippen LogP contribution in [0.4, 0.5) is 18.9 Å². The fraction of sp³-hybridized carbons (Fsp3) is 0.370. The van der Waals surface area contributed by atoms with Crippen molar-refractivity contribution in [3.63, 3.8) is 0 Å². The predicted molar refractivity (Wildman–Crippen MR) is 141 cm³/mol. The van der Waals surface area contributed by atoms with Crippen LogP contribution >= 0.6 is 0 Å². The molecule has 0 radical (unpaired) electrons. The molecule has 1 fully saturated rings. The van der Waals surface area contributed by atoms with Gasteiger partial charge in [0.2, 0.25) is 10.0 Å². The van der Waals surface area contributed by atoms with Gasteiger partial charge in [-0.2, -0.15) is 17.5 Å². The fourth-order valence-electron chi connectivity index (χ4n) is 3.90. The molecule has 1 amide bonds. The molecule has 0 spiro atoms. The number of sulfonamides is 1. The first-order chi connectivity index (χ1) is 17.9. The van der Waals surface area contributed by atoms with E-state index in [2.05, 4.69) is 33.3 Å². The van der Waals surface area contributed by atoms with Gasteiger partial charge in [0, 0.05) is 61.6 Å². The zero-order valence-electron chi connectivity index (χ0n) is 21.2. The molecule has 1 aliphatic rings. The normalized spacial score (nSPS) is 14.8. The summed E-state index contributed by atoms with van der Waals surface area (Å²) in [6.45, 7) is 5.33. The van der Waals surface area contributed by atoms with Crippen molar-refractivity contribution in [3.05, 3.63) is 64.2 Å². The monoisotopic (exact) mass is 546 g/mol. The van der Waals surface area contributed by atoms with E-state index in [0.29, 0.717) is 44.8 Å². The van der Waals surface area contributed by atoms with Crippen LogP contribution in [-0.4, -0.2) is 75.6 Å². The molecule has 3 rings (SSSR count). The number of alkyl halides is 3. The lowest BCUT2D eigenvalue weighted by Gasteiger charge is -2.33. The van der Waals surface area contributed by atoms with Crippen LogP contribution in [0.2, 0.25) is 0 Å². The molecule has 202 valence electrons. The zero-order chi connectivity index (χ0) is 27.9. The number of hydrogen-bond donors (Lipinski definition) is 2. The van der Waals surface area contributed by atoms with Gasteiger partial charge in [0.15, 0.2) is 0 Å². The highest BCUT2D eigenvalue weighted by atomic mass is 32.2. The molecule has 1 aliphatic heterocycles. The smallest absolute Gasteiger partial charge is 0.322 e. The lowest BCUT2D eigenvalue weighted by atomic mass is 10.0. The molecular formula is C27H29F3N4O3S. The van der Waals surface area contributed by atoms with Crippen LogP contribution in [0, 0.1) is 31.1 Å². The largest absolute Gasteiger partial charge is 0.417 e. The van der Waals surface area contributed by atoms with Crippen molar-refractivity contribution in [2.45, 2.75) is 13.1 Å². The van der Waals surface area contributed by atoms with Gasteiger partial charge >= 0.3 is 6.18 Å². The molecular weight excluding hydrogens is 517 g/mol. The van der Waals surface area contributed by atoms with E-state index in [0.717, 1.165) is 11.6 Å². The molecule has 7 nitrogen and oxygen atoms in total. The Hall–Kier alpha value is -3.35. The summed E-state index contributed by atoms with van der Waals surface area (Å²) in [5.74, 6) is 7.17. The Balaban J connectivity index is 1.57. The number of carbonyl (C=O) groups excluding carboxylic acids is 1. The highest BCUT2D eigenvalue weighted by Crippen LogP contribution is 2.33. The lowest BCUT2D eigenvalue weighted by Crippen LogP contribution is -2.49. The first-order valence-corrected chi connectivity index (χ1v) is 13.7. The van der Waals surface area contributed by atoms with Crippen molar-refractivity contribution in [3.8, 4) is 24.2 Å². The number of nitrogens with one attached hydrogen (secondary N) is 2. The summed E-state index contributed by atoms with van der Waals surface area (Å²) in [5, 5.41) is 5.56. The number of amides is 1. The summed E-state index contributed by atoms with van der Waals surface area (Å²) in [7, 11) is -3.18. The maximum atomic E-state index is 13.7. The second kappa shape index (κ2) is 12.5. The van der Waals surface area contributed by atoms with E-state index in [1.165, 1.54) is 28.8 Å². The van der Waals surface area contributed by atoms with Gasteiger partial charge < -0.3 is 10.6 Å². The van der Waals surface area contributed by atoms with E-state index < -0.39 is 27.7 Å². The highest BCUT2D eigenvalue weighted by Gasteiger charge is 2.33. The molecule has 11 heteroatoms. The Kier molecular flexibility index (Phi) is 9.58. The molecule has 0 aromatic heterocycles. The van der Waals surface area contributed by atoms with Gasteiger partial charge in [0.25, 0.3) is 5.91 Å². The molecule has 2 aromatic rings. The molecule has 38 heavy (non-hydrogen) atoms. The maximum Gasteiger partial charge on any atom is 0.417 e. The topological polar surface area (TPSA) is 81.8 Å². The number of benzene rings is 2. The number of rotatable bonds is 7. The van der Waals surface area contributed by atoms with Crippen LogP contribution in [0.15, 0.2) is 36.4 Å². The quantitative estimate of drug-likeness (QED) is 0.413. The zero-order valence-corrected chi connectivity index (χ0v) is 22.0. The van der Waals surface area contributed by atoms with Gasteiger partial charge in [0.1, 0.15) is 0 Å². The molecule has 2 N–H and O–H groups in total. The van der Waals surface area contributed by atoms with E-state index in [1.807, 2.05) is 0 Å². The highest BCUT2D eigenvalue weighted by molar-refractivity contribution is 7.88. The summed E-state index contributed by atoms with van der Waals surface area (Å²) in [5.41, 5.74) is 0.434. The number of terminal acetylenes is 1. The third-order valence-corrected chi connectivity index (χ3v) is 7.38. The number of carbonyl (C=O) groups is 1. The maximum absolute atomic E-state index is 13.7. The summed E-state index contributed by atoms with van der Waals surface area (Å²) in [6, 6.07) is 8.21. The predicted octanol–water partition coefficient (Wildman–Crippen LogP) is 2.77. The van der Waals surface area contributed by atoms with Crippen LogP contribution in [0.25, 0.3) is 0 Å². The fourth-order valence-corrected chi connectivity index (χ4v) is 4.73. The summed E-state index contributed by atoms with van der Waals surface area (Å²) in [6.07, 6.45) is 1.96. The van der Waals surface area contributed by atoms with Gasteiger partial charge in [-0.15, -0.1) is 6.42 Å². The van der Waals surface area contributed by atoms with E-state index in [1.54, 1.807) is 19.1 Å². The van der Waals surface area contributed by atoms with E-state index in [9.17, 15) is 26.4 Å². The molecule has 2 aromatic carbocycles. The molecule has 0 aliphatic carbocycles. The first-order valence-electron chi connectivity index (χ1n) is 11.9. The molecule has 0 saturated carbocycles. The van der Waals surface area contributed by atoms with Gasteiger partial charge in [-0.05, 0) is 42.8 Å². The molecule has 1 saturated heterocycles. The average Bonchev–Trinajstić information content (AvgIpc) is 2.86. The Bertz CT molecular complexity index is 1380. The van der Waals surface area contributed by atoms with Crippen LogP contribution < -0.4 is 10.6 Å². The minimum atomic E-state index is -4.66. The molecule has 1 heterocycles. The minimum absolute atomic E-state index is 0.00944. The number of piperazine rings is 1. The van der Waals surface area contributed by atoms with Gasteiger partial charge in [-0.1, -0.05) is 23.8 Å². The standard InChI is InChI=1S/C27H29F3N4O3S/c1-4-21-18-23(8-7-20(21)2)26(35)32-24-10-9-22(25(19-24)27(28,29)30)6-5-11-31-12-13-33-14-16-34(17-15-33)38(3,36)37/h1,7-10,18-19,31H,11-17H2,2-3H3,(H,32,35). The van der Waals surface area contributed by atoms with Crippen LogP contribution in [0.5, 0.6) is 0 Å². The van der Waals surface area contributed by atoms with Crippen LogP contribution in [0.3, 0.4) is 0 Å². The molecule has 0 unspecified atom stereocenters. The van der Waals surface area contributed by atoms with E-state index in [-0.39, 0.29) is 23.4 Å². The average molecular weight is 547 g/mol. The van der Waals surface area contributed by atoms with Gasteiger partial charge in [-0.3, -0.25) is 9.69 Å². The van der Waals surface area contributed by atoms with Gasteiger partial charge in [-0.25, -0.2) is 8.42 Å². The number of halogens is 3. The Morgan fingerprint density at radius 3 is 2.42 bits per heavy atom. The number of aryl methyl sites for hydroxylation is 1. The van der Waals surface area contributed by atoms with Gasteiger partial charge in [0.05, 0.1) is 18.4 Å². The van der Waals surface area contributed by atoms with Crippen molar-refractivity contribution in [1.82, 2.24) is 14.5 Å². The Morgan fingerprint density at radius 1 is 1.08 bits per heavy atom. The Morgan fingerprint density at radius 2 is 1.79 bits per heavy atom. The van der Waals surface area contributed by atoms with Crippen LogP contribution in [0.1, 0.15) is 32.6 Å². The SMILES string of the molecule is C#Cc1cc(C(=O)Nc2ccc(C#CCNCCN3CCN(S(C)(=O)=O)CC3)c(C(F)(F)F)c2)ccc1C. The minimum Gasteiger partial charge on any atom is -0.322 e. The third kappa shape index (κ3) is 8.07. The summed E-state index contributed by atoms with van der Waals surface area (Å²) in [4.78, 5) is 14.7. The van der Waals surface area contributed by atoms with Crippen LogP contribution in [-0.2, 0) is 16.2 Å². The van der Waals surface area contributed by atoms with E-state index >= 15 is 0 Å². The summed E-state index contributed by atoms with van der Waals surface area (Å²) < 4.78 is 65.7. The van der Waals surface area contributed by atoms with E-state index in [4.69, 9.17) is 6.42 Å². The van der Waals surface area contributed by atoms with Crippen molar-refractivity contribution in [1.29, 1.82) is 0 Å². The van der Waals surface area contributed by atoms with Crippen molar-refractivity contribution in [2.75, 3.05) is 57.4 Å². The summed E-state index contributed by atoms with van der Waals surface area (Å²) >= 11 is 0. The molecule has 0 bridgehead atoms.